The van der Waals surface area contributed by atoms with Crippen molar-refractivity contribution >= 4 is 27.3 Å². The van der Waals surface area contributed by atoms with Gasteiger partial charge in [0.1, 0.15) is 0 Å². The number of rotatable bonds is 3. The fourth-order valence-electron chi connectivity index (χ4n) is 1.41. The van der Waals surface area contributed by atoms with Gasteiger partial charge in [-0.2, -0.15) is 0 Å². The van der Waals surface area contributed by atoms with E-state index in [0.29, 0.717) is 0 Å². The molecule has 3 nitrogen and oxygen atoms in total. The van der Waals surface area contributed by atoms with Crippen LogP contribution in [0.4, 0.5) is 0 Å². The third-order valence-electron chi connectivity index (χ3n) is 2.15. The molecule has 0 aliphatic rings. The Labute approximate surface area is 101 Å². The Morgan fingerprint density at radius 2 is 2.40 bits per heavy atom. The van der Waals surface area contributed by atoms with Gasteiger partial charge in [0, 0.05) is 24.5 Å². The molecule has 1 atom stereocenters. The van der Waals surface area contributed by atoms with Crippen LogP contribution in [-0.4, -0.2) is 9.55 Å². The molecule has 15 heavy (non-hydrogen) atoms. The van der Waals surface area contributed by atoms with Crippen LogP contribution in [-0.2, 0) is 13.5 Å². The minimum atomic E-state index is -0.0169. The summed E-state index contributed by atoms with van der Waals surface area (Å²) in [5, 5.41) is 0. The molecule has 2 aromatic rings. The molecule has 0 aliphatic heterocycles. The van der Waals surface area contributed by atoms with Crippen molar-refractivity contribution in [2.45, 2.75) is 12.5 Å². The van der Waals surface area contributed by atoms with Crippen molar-refractivity contribution in [3.8, 4) is 0 Å². The molecule has 0 spiro atoms. The van der Waals surface area contributed by atoms with E-state index in [1.54, 1.807) is 17.7 Å². The summed E-state index contributed by atoms with van der Waals surface area (Å²) in [6.07, 6.45) is 4.58. The van der Waals surface area contributed by atoms with Gasteiger partial charge in [-0.05, 0) is 28.1 Å². The van der Waals surface area contributed by atoms with E-state index < -0.39 is 0 Å². The largest absolute Gasteiger partial charge is 0.340 e. The maximum Gasteiger partial charge on any atom is 0.0947 e. The Morgan fingerprint density at radius 1 is 1.60 bits per heavy atom. The predicted molar refractivity (Wildman–Crippen MR) is 65.9 cm³/mol. The molecular weight excluding hydrogens is 274 g/mol. The Hall–Kier alpha value is -0.650. The van der Waals surface area contributed by atoms with E-state index in [1.807, 2.05) is 23.9 Å². The second kappa shape index (κ2) is 4.47. The average molecular weight is 286 g/mol. The second-order valence-corrected chi connectivity index (χ2v) is 6.03. The van der Waals surface area contributed by atoms with E-state index in [9.17, 15) is 0 Å². The standard InChI is InChI=1S/C10H12BrN3S/c1-14-5-9(13-6-14)8(12)4-7-2-3-10(11)15-7/h2-3,5-6,8H,4,12H2,1H3. The number of halogens is 1. The first-order valence-corrected chi connectivity index (χ1v) is 6.24. The number of imidazole rings is 1. The summed E-state index contributed by atoms with van der Waals surface area (Å²) in [6, 6.07) is 4.12. The van der Waals surface area contributed by atoms with Gasteiger partial charge >= 0.3 is 0 Å². The van der Waals surface area contributed by atoms with E-state index in [0.717, 1.165) is 15.9 Å². The molecule has 0 saturated carbocycles. The van der Waals surface area contributed by atoms with Gasteiger partial charge in [0.05, 0.1) is 21.8 Å². The van der Waals surface area contributed by atoms with Gasteiger partial charge < -0.3 is 10.3 Å². The highest BCUT2D eigenvalue weighted by atomic mass is 79.9. The molecule has 2 rings (SSSR count). The lowest BCUT2D eigenvalue weighted by molar-refractivity contribution is 0.707. The van der Waals surface area contributed by atoms with Crippen molar-refractivity contribution in [3.05, 3.63) is 39.0 Å². The molecule has 0 fully saturated rings. The van der Waals surface area contributed by atoms with Crippen molar-refractivity contribution in [1.82, 2.24) is 9.55 Å². The van der Waals surface area contributed by atoms with E-state index in [-0.39, 0.29) is 6.04 Å². The summed E-state index contributed by atoms with van der Waals surface area (Å²) in [5.74, 6) is 0. The highest BCUT2D eigenvalue weighted by Gasteiger charge is 2.10. The molecule has 0 saturated heterocycles. The molecule has 0 bridgehead atoms. The summed E-state index contributed by atoms with van der Waals surface area (Å²) in [7, 11) is 1.95. The SMILES string of the molecule is Cn1cnc(C(N)Cc2ccc(Br)s2)c1. The molecule has 0 amide bonds. The van der Waals surface area contributed by atoms with Crippen LogP contribution < -0.4 is 5.73 Å². The quantitative estimate of drug-likeness (QED) is 0.942. The fourth-order valence-corrected chi connectivity index (χ4v) is 2.95. The van der Waals surface area contributed by atoms with Crippen LogP contribution in [0.2, 0.25) is 0 Å². The molecule has 2 N–H and O–H groups in total. The Kier molecular flexibility index (Phi) is 3.23. The molecule has 2 heterocycles. The van der Waals surface area contributed by atoms with Crippen LogP contribution in [0.1, 0.15) is 16.6 Å². The van der Waals surface area contributed by atoms with Crippen molar-refractivity contribution in [3.63, 3.8) is 0 Å². The molecule has 0 radical (unpaired) electrons. The summed E-state index contributed by atoms with van der Waals surface area (Å²) in [5.41, 5.74) is 7.01. The third-order valence-corrected chi connectivity index (χ3v) is 3.80. The smallest absolute Gasteiger partial charge is 0.0947 e. The number of nitrogens with two attached hydrogens (primary N) is 1. The van der Waals surface area contributed by atoms with Gasteiger partial charge in [0.15, 0.2) is 0 Å². The van der Waals surface area contributed by atoms with Crippen LogP contribution in [0.15, 0.2) is 28.4 Å². The van der Waals surface area contributed by atoms with Gasteiger partial charge in [0.2, 0.25) is 0 Å². The topological polar surface area (TPSA) is 43.8 Å². The number of nitrogens with zero attached hydrogens (tertiary/aromatic N) is 2. The first-order valence-electron chi connectivity index (χ1n) is 4.63. The van der Waals surface area contributed by atoms with Crippen molar-refractivity contribution in [1.29, 1.82) is 0 Å². The molecule has 0 aliphatic carbocycles. The lowest BCUT2D eigenvalue weighted by Gasteiger charge is -2.06. The van der Waals surface area contributed by atoms with Crippen LogP contribution in [0.5, 0.6) is 0 Å². The molecule has 5 heteroatoms. The summed E-state index contributed by atoms with van der Waals surface area (Å²) < 4.78 is 3.06. The van der Waals surface area contributed by atoms with Crippen LogP contribution in [0, 0.1) is 0 Å². The normalized spacial score (nSPS) is 13.0. The maximum atomic E-state index is 6.07. The minimum Gasteiger partial charge on any atom is -0.340 e. The molecule has 0 aromatic carbocycles. The zero-order valence-electron chi connectivity index (χ0n) is 8.35. The molecule has 80 valence electrons. The van der Waals surface area contributed by atoms with Gasteiger partial charge in [-0.15, -0.1) is 11.3 Å². The monoisotopic (exact) mass is 285 g/mol. The highest BCUT2D eigenvalue weighted by Crippen LogP contribution is 2.25. The molecular formula is C10H12BrN3S. The first-order chi connectivity index (χ1) is 7.15. The van der Waals surface area contributed by atoms with Crippen molar-refractivity contribution in [2.24, 2.45) is 12.8 Å². The Balaban J connectivity index is 2.06. The second-order valence-electron chi connectivity index (χ2n) is 3.48. The van der Waals surface area contributed by atoms with E-state index in [4.69, 9.17) is 5.73 Å². The highest BCUT2D eigenvalue weighted by molar-refractivity contribution is 9.11. The van der Waals surface area contributed by atoms with Crippen LogP contribution in [0.25, 0.3) is 0 Å². The molecule has 1 unspecified atom stereocenters. The number of thiophene rings is 1. The van der Waals surface area contributed by atoms with Gasteiger partial charge in [-0.1, -0.05) is 0 Å². The predicted octanol–water partition coefficient (Wildman–Crippen LogP) is 2.49. The lowest BCUT2D eigenvalue weighted by atomic mass is 10.1. The average Bonchev–Trinajstić information content (AvgIpc) is 2.75. The Bertz CT molecular complexity index is 449. The summed E-state index contributed by atoms with van der Waals surface area (Å²) >= 11 is 5.16. The number of hydrogen-bond acceptors (Lipinski definition) is 3. The Morgan fingerprint density at radius 3 is 2.93 bits per heavy atom. The van der Waals surface area contributed by atoms with E-state index in [1.165, 1.54) is 4.88 Å². The van der Waals surface area contributed by atoms with E-state index >= 15 is 0 Å². The number of aryl methyl sites for hydroxylation is 1. The van der Waals surface area contributed by atoms with Gasteiger partial charge in [0.25, 0.3) is 0 Å². The number of hydrogen-bond donors (Lipinski definition) is 1. The zero-order valence-corrected chi connectivity index (χ0v) is 10.8. The maximum absolute atomic E-state index is 6.07. The van der Waals surface area contributed by atoms with Gasteiger partial charge in [-0.25, -0.2) is 4.98 Å². The third kappa shape index (κ3) is 2.68. The molecule has 2 aromatic heterocycles. The van der Waals surface area contributed by atoms with Gasteiger partial charge in [-0.3, -0.25) is 0 Å². The van der Waals surface area contributed by atoms with Crippen molar-refractivity contribution in [2.75, 3.05) is 0 Å². The fraction of sp³-hybridized carbons (Fsp3) is 0.300. The minimum absolute atomic E-state index is 0.0169. The number of aromatic nitrogens is 2. The summed E-state index contributed by atoms with van der Waals surface area (Å²) in [4.78, 5) is 5.53. The summed E-state index contributed by atoms with van der Waals surface area (Å²) in [6.45, 7) is 0. The first kappa shape index (κ1) is 10.9. The van der Waals surface area contributed by atoms with Crippen LogP contribution >= 0.6 is 27.3 Å². The lowest BCUT2D eigenvalue weighted by Crippen LogP contribution is -2.13. The van der Waals surface area contributed by atoms with E-state index in [2.05, 4.69) is 27.0 Å². The van der Waals surface area contributed by atoms with Crippen LogP contribution in [0.3, 0.4) is 0 Å². The van der Waals surface area contributed by atoms with Crippen molar-refractivity contribution < 1.29 is 0 Å². The zero-order chi connectivity index (χ0) is 10.8.